The monoisotopic (exact) mass is 286 g/mol. The van der Waals surface area contributed by atoms with E-state index in [9.17, 15) is 0 Å². The van der Waals surface area contributed by atoms with Crippen LogP contribution in [-0.2, 0) is 0 Å². The van der Waals surface area contributed by atoms with Crippen LogP contribution in [-0.4, -0.2) is 18.6 Å². The fraction of sp³-hybridized carbons (Fsp3) is 1.00. The van der Waals surface area contributed by atoms with E-state index in [-0.39, 0.29) is 0 Å². The van der Waals surface area contributed by atoms with Gasteiger partial charge in [-0.25, -0.2) is 0 Å². The van der Waals surface area contributed by atoms with Gasteiger partial charge in [0.1, 0.15) is 0 Å². The van der Waals surface area contributed by atoms with Crippen molar-refractivity contribution in [2.45, 2.75) is 111 Å². The van der Waals surface area contributed by atoms with Crippen molar-refractivity contribution in [1.82, 2.24) is 5.32 Å². The zero-order valence-corrected chi connectivity index (χ0v) is 15.0. The Bertz CT molecular complexity index is 139. The number of hydrogen-bond acceptors (Lipinski definition) is 2. The molecule has 124 valence electrons. The third-order valence-electron chi connectivity index (χ3n) is 3.22. The molecule has 3 N–H and O–H groups in total. The van der Waals surface area contributed by atoms with Crippen molar-refractivity contribution in [3.8, 4) is 0 Å². The Morgan fingerprint density at radius 1 is 0.650 bits per heavy atom. The van der Waals surface area contributed by atoms with E-state index in [1.54, 1.807) is 0 Å². The Hall–Kier alpha value is -0.0800. The van der Waals surface area contributed by atoms with Crippen LogP contribution in [0.25, 0.3) is 0 Å². The number of nitrogens with two attached hydrogens (primary N) is 1. The molecule has 0 aromatic carbocycles. The lowest BCUT2D eigenvalue weighted by atomic mass is 10.1. The molecule has 0 spiro atoms. The van der Waals surface area contributed by atoms with Gasteiger partial charge < -0.3 is 11.1 Å². The quantitative estimate of drug-likeness (QED) is 0.480. The van der Waals surface area contributed by atoms with Gasteiger partial charge in [0, 0.05) is 12.1 Å². The van der Waals surface area contributed by atoms with Gasteiger partial charge in [0.15, 0.2) is 0 Å². The van der Waals surface area contributed by atoms with Crippen molar-refractivity contribution in [1.29, 1.82) is 0 Å². The normalized spacial score (nSPS) is 10.8. The van der Waals surface area contributed by atoms with Crippen molar-refractivity contribution in [3.05, 3.63) is 0 Å². The first-order chi connectivity index (χ1) is 9.54. The second-order valence-electron chi connectivity index (χ2n) is 6.45. The number of rotatable bonds is 12. The molecule has 0 amide bonds. The van der Waals surface area contributed by atoms with Crippen LogP contribution in [0.4, 0.5) is 0 Å². The Morgan fingerprint density at radius 2 is 1.00 bits per heavy atom. The van der Waals surface area contributed by atoms with Gasteiger partial charge in [0.05, 0.1) is 0 Å². The van der Waals surface area contributed by atoms with Crippen LogP contribution in [0.15, 0.2) is 0 Å². The van der Waals surface area contributed by atoms with Crippen molar-refractivity contribution < 1.29 is 0 Å². The average molecular weight is 287 g/mol. The highest BCUT2D eigenvalue weighted by atomic mass is 14.9. The Balaban J connectivity index is 0. The lowest BCUT2D eigenvalue weighted by molar-refractivity contribution is 0.518. The van der Waals surface area contributed by atoms with Gasteiger partial charge in [0.25, 0.3) is 0 Å². The molecular weight excluding hydrogens is 244 g/mol. The number of nitrogens with one attached hydrogen (secondary N) is 1. The summed E-state index contributed by atoms with van der Waals surface area (Å²) in [6.45, 7) is 11.8. The molecule has 2 heteroatoms. The van der Waals surface area contributed by atoms with Crippen LogP contribution >= 0.6 is 0 Å². The van der Waals surface area contributed by atoms with Crippen LogP contribution in [0.3, 0.4) is 0 Å². The van der Waals surface area contributed by atoms with Crippen LogP contribution in [0.5, 0.6) is 0 Å². The maximum absolute atomic E-state index is 5.42. The second kappa shape index (κ2) is 18.9. The third kappa shape index (κ3) is 26.5. The van der Waals surface area contributed by atoms with Gasteiger partial charge in [-0.3, -0.25) is 0 Å². The highest BCUT2D eigenvalue weighted by Gasteiger charge is 1.92. The molecule has 0 bridgehead atoms. The van der Waals surface area contributed by atoms with Crippen molar-refractivity contribution >= 4 is 0 Å². The van der Waals surface area contributed by atoms with E-state index in [2.05, 4.69) is 39.9 Å². The highest BCUT2D eigenvalue weighted by molar-refractivity contribution is 4.55. The SMILES string of the molecule is CC(C)NC(C)C.CCCCCCCCCCCCN. The van der Waals surface area contributed by atoms with E-state index < -0.39 is 0 Å². The van der Waals surface area contributed by atoms with Crippen LogP contribution in [0.1, 0.15) is 98.8 Å². The standard InChI is InChI=1S/C12H27N.C6H15N/c1-2-3-4-5-6-7-8-9-10-11-12-13;1-5(2)7-6(3)4/h2-13H2,1H3;5-7H,1-4H3. The fourth-order valence-electron chi connectivity index (χ4n) is 2.30. The van der Waals surface area contributed by atoms with Crippen LogP contribution in [0.2, 0.25) is 0 Å². The van der Waals surface area contributed by atoms with E-state index in [1.807, 2.05) is 0 Å². The van der Waals surface area contributed by atoms with Gasteiger partial charge in [-0.15, -0.1) is 0 Å². The summed E-state index contributed by atoms with van der Waals surface area (Å²) in [5, 5.41) is 3.31. The zero-order chi connectivity index (χ0) is 15.6. The van der Waals surface area contributed by atoms with Crippen molar-refractivity contribution in [2.24, 2.45) is 5.73 Å². The summed E-state index contributed by atoms with van der Waals surface area (Å²) >= 11 is 0. The van der Waals surface area contributed by atoms with Gasteiger partial charge in [-0.2, -0.15) is 0 Å². The predicted octanol–water partition coefficient (Wildman–Crippen LogP) is 5.26. The molecule has 0 aliphatic rings. The second-order valence-corrected chi connectivity index (χ2v) is 6.45. The first-order valence-electron chi connectivity index (χ1n) is 9.00. The molecule has 0 fully saturated rings. The minimum absolute atomic E-state index is 0.625. The van der Waals surface area contributed by atoms with E-state index in [1.165, 1.54) is 64.2 Å². The molecule has 0 aromatic rings. The maximum atomic E-state index is 5.42. The van der Waals surface area contributed by atoms with E-state index in [0.29, 0.717) is 12.1 Å². The molecule has 0 saturated carbocycles. The summed E-state index contributed by atoms with van der Waals surface area (Å²) in [6.07, 6.45) is 13.9. The van der Waals surface area contributed by atoms with Gasteiger partial charge >= 0.3 is 0 Å². The van der Waals surface area contributed by atoms with E-state index in [0.717, 1.165) is 6.54 Å². The Labute approximate surface area is 129 Å². The first kappa shape index (κ1) is 22.2. The molecule has 0 atom stereocenters. The molecule has 20 heavy (non-hydrogen) atoms. The summed E-state index contributed by atoms with van der Waals surface area (Å²) in [5.41, 5.74) is 5.42. The molecule has 0 rings (SSSR count). The predicted molar refractivity (Wildman–Crippen MR) is 94.3 cm³/mol. The Morgan fingerprint density at radius 3 is 1.25 bits per heavy atom. The topological polar surface area (TPSA) is 38.0 Å². The Kier molecular flexibility index (Phi) is 21.0. The van der Waals surface area contributed by atoms with Gasteiger partial charge in [0.2, 0.25) is 0 Å². The summed E-state index contributed by atoms with van der Waals surface area (Å²) in [5.74, 6) is 0. The molecule has 0 aliphatic heterocycles. The fourth-order valence-corrected chi connectivity index (χ4v) is 2.30. The molecule has 2 nitrogen and oxygen atoms in total. The smallest absolute Gasteiger partial charge is 0.00127 e. The molecule has 0 saturated heterocycles. The molecule has 0 aromatic heterocycles. The van der Waals surface area contributed by atoms with E-state index >= 15 is 0 Å². The number of hydrogen-bond donors (Lipinski definition) is 2. The lowest BCUT2D eigenvalue weighted by Gasteiger charge is -2.10. The van der Waals surface area contributed by atoms with Crippen molar-refractivity contribution in [2.75, 3.05) is 6.54 Å². The molecular formula is C18H42N2. The van der Waals surface area contributed by atoms with Gasteiger partial charge in [-0.05, 0) is 13.0 Å². The first-order valence-corrected chi connectivity index (χ1v) is 9.00. The third-order valence-corrected chi connectivity index (χ3v) is 3.22. The highest BCUT2D eigenvalue weighted by Crippen LogP contribution is 2.09. The van der Waals surface area contributed by atoms with E-state index in [4.69, 9.17) is 5.73 Å². The summed E-state index contributed by atoms with van der Waals surface area (Å²) in [6, 6.07) is 1.25. The zero-order valence-electron chi connectivity index (χ0n) is 15.0. The average Bonchev–Trinajstić information content (AvgIpc) is 2.36. The molecule has 0 heterocycles. The lowest BCUT2D eigenvalue weighted by Crippen LogP contribution is -2.29. The van der Waals surface area contributed by atoms with Crippen molar-refractivity contribution in [3.63, 3.8) is 0 Å². The number of unbranched alkanes of at least 4 members (excludes halogenated alkanes) is 9. The van der Waals surface area contributed by atoms with Crippen LogP contribution in [0, 0.1) is 0 Å². The minimum atomic E-state index is 0.625. The summed E-state index contributed by atoms with van der Waals surface area (Å²) < 4.78 is 0. The molecule has 0 aliphatic carbocycles. The summed E-state index contributed by atoms with van der Waals surface area (Å²) in [7, 11) is 0. The summed E-state index contributed by atoms with van der Waals surface area (Å²) in [4.78, 5) is 0. The molecule has 0 unspecified atom stereocenters. The van der Waals surface area contributed by atoms with Gasteiger partial charge in [-0.1, -0.05) is 92.4 Å². The maximum Gasteiger partial charge on any atom is 0.00127 e. The van der Waals surface area contributed by atoms with Crippen LogP contribution < -0.4 is 11.1 Å². The minimum Gasteiger partial charge on any atom is -0.330 e. The largest absolute Gasteiger partial charge is 0.330 e. The molecule has 0 radical (unpaired) electrons.